The monoisotopic (exact) mass is 426 g/mol. The highest BCUT2D eigenvalue weighted by molar-refractivity contribution is 6.30. The van der Waals surface area contributed by atoms with Crippen LogP contribution < -0.4 is 5.32 Å². The van der Waals surface area contributed by atoms with E-state index >= 15 is 0 Å². The summed E-state index contributed by atoms with van der Waals surface area (Å²) in [6, 6.07) is 14.5. The van der Waals surface area contributed by atoms with Crippen LogP contribution in [0.25, 0.3) is 17.1 Å². The molecule has 0 saturated carbocycles. The molecule has 0 aliphatic heterocycles. The summed E-state index contributed by atoms with van der Waals surface area (Å²) in [6.45, 7) is 0. The van der Waals surface area contributed by atoms with E-state index in [1.165, 1.54) is 17.0 Å². The Morgan fingerprint density at radius 2 is 1.93 bits per heavy atom. The molecule has 0 radical (unpaired) electrons. The number of nitro benzene ring substituents is 1. The van der Waals surface area contributed by atoms with Crippen LogP contribution in [0.1, 0.15) is 10.5 Å². The molecule has 0 spiro atoms. The molecular formula is C20H12ClFN4O4. The van der Waals surface area contributed by atoms with Gasteiger partial charge in [-0.2, -0.15) is 5.10 Å². The van der Waals surface area contributed by atoms with E-state index in [-0.39, 0.29) is 17.1 Å². The summed E-state index contributed by atoms with van der Waals surface area (Å²) in [4.78, 5) is 22.9. The maximum atomic E-state index is 14.0. The van der Waals surface area contributed by atoms with E-state index in [1.54, 1.807) is 36.4 Å². The average molecular weight is 427 g/mol. The molecule has 150 valence electrons. The number of carbonyl (C=O) groups excluding carboxylic acids is 1. The van der Waals surface area contributed by atoms with E-state index in [1.807, 2.05) is 0 Å². The first-order valence-corrected chi connectivity index (χ1v) is 8.95. The topological polar surface area (TPSA) is 103 Å². The average Bonchev–Trinajstić information content (AvgIpc) is 3.39. The summed E-state index contributed by atoms with van der Waals surface area (Å²) in [6.07, 6.45) is 1.48. The lowest BCUT2D eigenvalue weighted by atomic mass is 10.2. The van der Waals surface area contributed by atoms with Gasteiger partial charge in [-0.3, -0.25) is 14.9 Å². The minimum Gasteiger partial charge on any atom is -0.463 e. The first-order valence-electron chi connectivity index (χ1n) is 8.57. The standard InChI is InChI=1S/C20H12ClFN4O4/c21-12-3-5-13(6-4-12)25-18(19-2-1-9-30-19)11-17(24-25)20(27)23-16-10-14(26(28)29)7-8-15(16)22/h1-11H,(H,23,27). The molecule has 2 aromatic heterocycles. The molecule has 1 amide bonds. The number of rotatable bonds is 5. The van der Waals surface area contributed by atoms with Gasteiger partial charge in [-0.15, -0.1) is 0 Å². The van der Waals surface area contributed by atoms with Crippen molar-refractivity contribution in [2.45, 2.75) is 0 Å². The largest absolute Gasteiger partial charge is 0.463 e. The smallest absolute Gasteiger partial charge is 0.276 e. The van der Waals surface area contributed by atoms with Crippen LogP contribution in [0.3, 0.4) is 0 Å². The second kappa shape index (κ2) is 7.80. The van der Waals surface area contributed by atoms with E-state index in [2.05, 4.69) is 10.4 Å². The molecule has 0 aliphatic rings. The minimum absolute atomic E-state index is 0.0396. The molecule has 0 aliphatic carbocycles. The predicted molar refractivity (Wildman–Crippen MR) is 107 cm³/mol. The molecular weight excluding hydrogens is 415 g/mol. The zero-order valence-corrected chi connectivity index (χ0v) is 15.8. The Kier molecular flexibility index (Phi) is 5.03. The van der Waals surface area contributed by atoms with E-state index < -0.39 is 16.6 Å². The van der Waals surface area contributed by atoms with Gasteiger partial charge in [0.05, 0.1) is 22.6 Å². The first kappa shape index (κ1) is 19.3. The summed E-state index contributed by atoms with van der Waals surface area (Å²) in [7, 11) is 0. The Morgan fingerprint density at radius 1 is 1.17 bits per heavy atom. The van der Waals surface area contributed by atoms with E-state index in [0.717, 1.165) is 18.2 Å². The summed E-state index contributed by atoms with van der Waals surface area (Å²) >= 11 is 5.94. The highest BCUT2D eigenvalue weighted by Gasteiger charge is 2.20. The number of aromatic nitrogens is 2. The number of hydrogen-bond donors (Lipinski definition) is 1. The third kappa shape index (κ3) is 3.78. The number of nitrogens with zero attached hydrogens (tertiary/aromatic N) is 3. The van der Waals surface area contributed by atoms with E-state index in [9.17, 15) is 19.3 Å². The van der Waals surface area contributed by atoms with Gasteiger partial charge in [-0.25, -0.2) is 9.07 Å². The second-order valence-corrected chi connectivity index (χ2v) is 6.59. The van der Waals surface area contributed by atoms with Crippen molar-refractivity contribution >= 4 is 28.9 Å². The molecule has 0 saturated heterocycles. The number of halogens is 2. The van der Waals surface area contributed by atoms with Crippen LogP contribution >= 0.6 is 11.6 Å². The van der Waals surface area contributed by atoms with E-state index in [0.29, 0.717) is 22.2 Å². The van der Waals surface area contributed by atoms with Gasteiger partial charge >= 0.3 is 0 Å². The Morgan fingerprint density at radius 3 is 2.60 bits per heavy atom. The van der Waals surface area contributed by atoms with Crippen molar-refractivity contribution < 1.29 is 18.5 Å². The van der Waals surface area contributed by atoms with Crippen LogP contribution in [-0.2, 0) is 0 Å². The van der Waals surface area contributed by atoms with Crippen molar-refractivity contribution in [2.75, 3.05) is 5.32 Å². The summed E-state index contributed by atoms with van der Waals surface area (Å²) in [5.74, 6) is -1.09. The fourth-order valence-corrected chi connectivity index (χ4v) is 2.91. The highest BCUT2D eigenvalue weighted by atomic mass is 35.5. The highest BCUT2D eigenvalue weighted by Crippen LogP contribution is 2.27. The lowest BCUT2D eigenvalue weighted by Gasteiger charge is -2.06. The van der Waals surface area contributed by atoms with Crippen molar-refractivity contribution in [2.24, 2.45) is 0 Å². The van der Waals surface area contributed by atoms with Crippen molar-refractivity contribution in [1.82, 2.24) is 9.78 Å². The number of carbonyl (C=O) groups is 1. The van der Waals surface area contributed by atoms with Gasteiger partial charge in [0, 0.05) is 23.2 Å². The number of non-ortho nitro benzene ring substituents is 1. The van der Waals surface area contributed by atoms with Gasteiger partial charge in [-0.05, 0) is 42.5 Å². The van der Waals surface area contributed by atoms with Crippen molar-refractivity contribution in [3.8, 4) is 17.1 Å². The third-order valence-electron chi connectivity index (χ3n) is 4.20. The van der Waals surface area contributed by atoms with Crippen molar-refractivity contribution in [3.63, 3.8) is 0 Å². The number of nitrogens with one attached hydrogen (secondary N) is 1. The maximum Gasteiger partial charge on any atom is 0.276 e. The molecule has 0 atom stereocenters. The predicted octanol–water partition coefficient (Wildman–Crippen LogP) is 5.09. The van der Waals surface area contributed by atoms with Crippen LogP contribution in [0.4, 0.5) is 15.8 Å². The van der Waals surface area contributed by atoms with Gasteiger partial charge in [0.2, 0.25) is 0 Å². The molecule has 1 N–H and O–H groups in total. The van der Waals surface area contributed by atoms with Crippen LogP contribution in [0.5, 0.6) is 0 Å². The molecule has 30 heavy (non-hydrogen) atoms. The Bertz CT molecular complexity index is 1240. The molecule has 8 nitrogen and oxygen atoms in total. The molecule has 4 rings (SSSR count). The SMILES string of the molecule is O=C(Nc1cc([N+](=O)[O-])ccc1F)c1cc(-c2ccco2)n(-c2ccc(Cl)cc2)n1. The quantitative estimate of drug-likeness (QED) is 0.354. The summed E-state index contributed by atoms with van der Waals surface area (Å²) in [5, 5.41) is 18.1. The van der Waals surface area contributed by atoms with E-state index in [4.69, 9.17) is 16.0 Å². The Hall–Kier alpha value is -3.98. The second-order valence-electron chi connectivity index (χ2n) is 6.16. The van der Waals surface area contributed by atoms with Crippen molar-refractivity contribution in [3.05, 3.63) is 93.6 Å². The molecule has 4 aromatic rings. The minimum atomic E-state index is -0.808. The fraction of sp³-hybridized carbons (Fsp3) is 0. The Labute approximate surface area is 173 Å². The van der Waals surface area contributed by atoms with Crippen LogP contribution in [0.15, 0.2) is 71.3 Å². The number of furan rings is 1. The molecule has 2 aromatic carbocycles. The number of benzene rings is 2. The summed E-state index contributed by atoms with van der Waals surface area (Å²) in [5.41, 5.74) is 0.380. The number of nitro groups is 1. The molecule has 10 heteroatoms. The lowest BCUT2D eigenvalue weighted by molar-refractivity contribution is -0.384. The van der Waals surface area contributed by atoms with Crippen LogP contribution in [-0.4, -0.2) is 20.6 Å². The number of anilines is 1. The normalized spacial score (nSPS) is 10.7. The Balaban J connectivity index is 1.72. The fourth-order valence-electron chi connectivity index (χ4n) is 2.78. The molecule has 0 fully saturated rings. The van der Waals surface area contributed by atoms with Gasteiger partial charge in [-0.1, -0.05) is 11.6 Å². The van der Waals surface area contributed by atoms with Gasteiger partial charge in [0.25, 0.3) is 11.6 Å². The maximum absolute atomic E-state index is 14.0. The van der Waals surface area contributed by atoms with Crippen LogP contribution in [0, 0.1) is 15.9 Å². The first-order chi connectivity index (χ1) is 14.4. The lowest BCUT2D eigenvalue weighted by Crippen LogP contribution is -2.14. The zero-order chi connectivity index (χ0) is 21.3. The van der Waals surface area contributed by atoms with Crippen molar-refractivity contribution in [1.29, 1.82) is 0 Å². The number of amides is 1. The molecule has 0 unspecified atom stereocenters. The van der Waals surface area contributed by atoms with Gasteiger partial charge in [0.15, 0.2) is 11.5 Å². The zero-order valence-electron chi connectivity index (χ0n) is 15.1. The third-order valence-corrected chi connectivity index (χ3v) is 4.45. The van der Waals surface area contributed by atoms with Gasteiger partial charge in [0.1, 0.15) is 11.5 Å². The molecule has 2 heterocycles. The summed E-state index contributed by atoms with van der Waals surface area (Å²) < 4.78 is 20.9. The number of hydrogen-bond acceptors (Lipinski definition) is 5. The molecule has 0 bridgehead atoms. The van der Waals surface area contributed by atoms with Gasteiger partial charge < -0.3 is 9.73 Å². The van der Waals surface area contributed by atoms with Crippen LogP contribution in [0.2, 0.25) is 5.02 Å².